The minimum absolute atomic E-state index is 0.00101. The maximum Gasteiger partial charge on any atom is 0.238 e. The van der Waals surface area contributed by atoms with Crippen LogP contribution in [0, 0.1) is 0 Å². The summed E-state index contributed by atoms with van der Waals surface area (Å²) in [6.07, 6.45) is 1.85. The van der Waals surface area contributed by atoms with Gasteiger partial charge in [0.1, 0.15) is 0 Å². The lowest BCUT2D eigenvalue weighted by Crippen LogP contribution is -2.32. The molecule has 0 amide bonds. The third-order valence-corrected chi connectivity index (χ3v) is 4.05. The molecule has 5 N–H and O–H groups in total. The van der Waals surface area contributed by atoms with E-state index in [1.807, 2.05) is 4.90 Å². The smallest absolute Gasteiger partial charge is 0.238 e. The van der Waals surface area contributed by atoms with Crippen LogP contribution in [0.15, 0.2) is 23.1 Å². The molecule has 7 heteroatoms. The number of hydrogen-bond donors (Lipinski definition) is 3. The molecule has 18 heavy (non-hydrogen) atoms. The quantitative estimate of drug-likeness (QED) is 0.664. The van der Waals surface area contributed by atoms with E-state index < -0.39 is 10.0 Å². The largest absolute Gasteiger partial charge is 0.399 e. The standard InChI is InChI=1S/C11H17N3O3S/c12-8-4-10(6-11(5-8)18(13,16)17)14-3-1-2-9(14)7-15/h4-6,9,15H,1-3,7,12H2,(H2,13,16,17). The third kappa shape index (κ3) is 2.58. The topological polar surface area (TPSA) is 110 Å². The summed E-state index contributed by atoms with van der Waals surface area (Å²) in [5.74, 6) is 0. The van der Waals surface area contributed by atoms with Crippen LogP contribution in [-0.4, -0.2) is 32.7 Å². The van der Waals surface area contributed by atoms with Crippen molar-refractivity contribution in [1.82, 2.24) is 0 Å². The van der Waals surface area contributed by atoms with Crippen LogP contribution in [-0.2, 0) is 10.0 Å². The zero-order chi connectivity index (χ0) is 13.3. The highest BCUT2D eigenvalue weighted by Gasteiger charge is 2.25. The van der Waals surface area contributed by atoms with Gasteiger partial charge in [-0.15, -0.1) is 0 Å². The molecule has 0 saturated carbocycles. The summed E-state index contributed by atoms with van der Waals surface area (Å²) >= 11 is 0. The van der Waals surface area contributed by atoms with Crippen molar-refractivity contribution in [2.75, 3.05) is 23.8 Å². The van der Waals surface area contributed by atoms with Gasteiger partial charge in [-0.1, -0.05) is 0 Å². The normalized spacial score (nSPS) is 20.3. The molecule has 6 nitrogen and oxygen atoms in total. The van der Waals surface area contributed by atoms with Crippen molar-refractivity contribution in [2.45, 2.75) is 23.8 Å². The monoisotopic (exact) mass is 271 g/mol. The first-order valence-electron chi connectivity index (χ1n) is 5.72. The minimum Gasteiger partial charge on any atom is -0.399 e. The van der Waals surface area contributed by atoms with Gasteiger partial charge < -0.3 is 15.7 Å². The molecule has 1 aromatic rings. The number of nitrogens with zero attached hydrogens (tertiary/aromatic N) is 1. The third-order valence-electron chi connectivity index (χ3n) is 3.16. The Hall–Kier alpha value is -1.31. The van der Waals surface area contributed by atoms with Crippen molar-refractivity contribution >= 4 is 21.4 Å². The van der Waals surface area contributed by atoms with Crippen LogP contribution in [0.4, 0.5) is 11.4 Å². The Morgan fingerprint density at radius 3 is 2.72 bits per heavy atom. The molecule has 0 aliphatic carbocycles. The van der Waals surface area contributed by atoms with Crippen molar-refractivity contribution in [3.8, 4) is 0 Å². The Kier molecular flexibility index (Phi) is 3.47. The number of aliphatic hydroxyl groups is 1. The molecule has 0 radical (unpaired) electrons. The molecule has 1 heterocycles. The molecule has 1 unspecified atom stereocenters. The zero-order valence-corrected chi connectivity index (χ0v) is 10.7. The van der Waals surface area contributed by atoms with E-state index in [1.54, 1.807) is 6.07 Å². The van der Waals surface area contributed by atoms with Crippen molar-refractivity contribution in [1.29, 1.82) is 0 Å². The van der Waals surface area contributed by atoms with Crippen LogP contribution in [0.2, 0.25) is 0 Å². The molecule has 0 spiro atoms. The van der Waals surface area contributed by atoms with Crippen LogP contribution < -0.4 is 15.8 Å². The second-order valence-corrected chi connectivity index (χ2v) is 6.04. The first kappa shape index (κ1) is 13.1. The lowest BCUT2D eigenvalue weighted by atomic mass is 10.2. The molecule has 1 aliphatic rings. The number of sulfonamides is 1. The Labute approximate surface area is 106 Å². The number of anilines is 2. The van der Waals surface area contributed by atoms with Crippen LogP contribution in [0.25, 0.3) is 0 Å². The molecule has 0 aromatic heterocycles. The van der Waals surface area contributed by atoms with E-state index in [-0.39, 0.29) is 17.5 Å². The van der Waals surface area contributed by atoms with E-state index in [0.717, 1.165) is 19.4 Å². The Bertz CT molecular complexity index is 544. The molecule has 1 fully saturated rings. The molecule has 100 valence electrons. The fraction of sp³-hybridized carbons (Fsp3) is 0.455. The van der Waals surface area contributed by atoms with Gasteiger partial charge >= 0.3 is 0 Å². The predicted octanol–water partition coefficient (Wildman–Crippen LogP) is -0.123. The van der Waals surface area contributed by atoms with E-state index in [1.165, 1.54) is 12.1 Å². The number of benzene rings is 1. The van der Waals surface area contributed by atoms with Gasteiger partial charge in [0.2, 0.25) is 10.0 Å². The van der Waals surface area contributed by atoms with Gasteiger partial charge in [-0.3, -0.25) is 0 Å². The van der Waals surface area contributed by atoms with Crippen LogP contribution in [0.1, 0.15) is 12.8 Å². The van der Waals surface area contributed by atoms with Crippen LogP contribution >= 0.6 is 0 Å². The van der Waals surface area contributed by atoms with Gasteiger partial charge in [-0.2, -0.15) is 0 Å². The summed E-state index contributed by atoms with van der Waals surface area (Å²) in [6.45, 7) is 0.818. The molecule has 1 saturated heterocycles. The van der Waals surface area contributed by atoms with Crippen LogP contribution in [0.3, 0.4) is 0 Å². The summed E-state index contributed by atoms with van der Waals surface area (Å²) < 4.78 is 22.7. The summed E-state index contributed by atoms with van der Waals surface area (Å²) in [7, 11) is -3.77. The average molecular weight is 271 g/mol. The molecule has 0 bridgehead atoms. The summed E-state index contributed by atoms with van der Waals surface area (Å²) in [5, 5.41) is 14.4. The van der Waals surface area contributed by atoms with Crippen molar-refractivity contribution in [2.24, 2.45) is 5.14 Å². The highest BCUT2D eigenvalue weighted by Crippen LogP contribution is 2.29. The maximum absolute atomic E-state index is 11.4. The lowest BCUT2D eigenvalue weighted by molar-refractivity contribution is 0.266. The van der Waals surface area contributed by atoms with Gasteiger partial charge in [0, 0.05) is 17.9 Å². The highest BCUT2D eigenvalue weighted by atomic mass is 32.2. The average Bonchev–Trinajstić information content (AvgIpc) is 2.74. The molecular formula is C11H17N3O3S. The van der Waals surface area contributed by atoms with Gasteiger partial charge in [-0.25, -0.2) is 13.6 Å². The summed E-state index contributed by atoms with van der Waals surface area (Å²) in [4.78, 5) is 1.96. The number of nitrogen functional groups attached to an aromatic ring is 1. The Morgan fingerprint density at radius 1 is 1.39 bits per heavy atom. The highest BCUT2D eigenvalue weighted by molar-refractivity contribution is 7.89. The van der Waals surface area contributed by atoms with E-state index in [0.29, 0.717) is 11.4 Å². The van der Waals surface area contributed by atoms with Crippen molar-refractivity contribution in [3.05, 3.63) is 18.2 Å². The first-order chi connectivity index (χ1) is 8.41. The molecule has 1 aliphatic heterocycles. The second-order valence-electron chi connectivity index (χ2n) is 4.48. The van der Waals surface area contributed by atoms with E-state index >= 15 is 0 Å². The minimum atomic E-state index is -3.77. The summed E-state index contributed by atoms with van der Waals surface area (Å²) in [6, 6.07) is 4.55. The number of hydrogen-bond acceptors (Lipinski definition) is 5. The lowest BCUT2D eigenvalue weighted by Gasteiger charge is -2.26. The predicted molar refractivity (Wildman–Crippen MR) is 69.7 cm³/mol. The second kappa shape index (κ2) is 4.75. The van der Waals surface area contributed by atoms with E-state index in [4.69, 9.17) is 10.9 Å². The number of primary sulfonamides is 1. The van der Waals surface area contributed by atoms with Crippen molar-refractivity contribution < 1.29 is 13.5 Å². The fourth-order valence-corrected chi connectivity index (χ4v) is 2.89. The maximum atomic E-state index is 11.4. The van der Waals surface area contributed by atoms with Gasteiger partial charge in [0.25, 0.3) is 0 Å². The van der Waals surface area contributed by atoms with Crippen LogP contribution in [0.5, 0.6) is 0 Å². The molecule has 1 atom stereocenters. The Morgan fingerprint density at radius 2 is 2.11 bits per heavy atom. The Balaban J connectivity index is 2.42. The number of rotatable bonds is 3. The van der Waals surface area contributed by atoms with Crippen molar-refractivity contribution in [3.63, 3.8) is 0 Å². The zero-order valence-electron chi connectivity index (χ0n) is 9.91. The van der Waals surface area contributed by atoms with Gasteiger partial charge in [0.15, 0.2) is 0 Å². The first-order valence-corrected chi connectivity index (χ1v) is 7.27. The van der Waals surface area contributed by atoms with E-state index in [2.05, 4.69) is 0 Å². The SMILES string of the molecule is Nc1cc(N2CCCC2CO)cc(S(N)(=O)=O)c1. The van der Waals surface area contributed by atoms with E-state index in [9.17, 15) is 13.5 Å². The number of nitrogens with two attached hydrogens (primary N) is 2. The van der Waals surface area contributed by atoms with Gasteiger partial charge in [0.05, 0.1) is 17.5 Å². The summed E-state index contributed by atoms with van der Waals surface area (Å²) in [5.41, 5.74) is 6.74. The fourth-order valence-electron chi connectivity index (χ4n) is 2.30. The molecule has 2 rings (SSSR count). The molecular weight excluding hydrogens is 254 g/mol. The molecule has 1 aromatic carbocycles. The van der Waals surface area contributed by atoms with Gasteiger partial charge in [-0.05, 0) is 31.0 Å². The number of aliphatic hydroxyl groups excluding tert-OH is 1.